The van der Waals surface area contributed by atoms with Crippen LogP contribution < -0.4 is 0 Å². The molecule has 1 aliphatic rings. The molecule has 112 valence electrons. The quantitative estimate of drug-likeness (QED) is 0.503. The van der Waals surface area contributed by atoms with Gasteiger partial charge in [-0.15, -0.1) is 0 Å². The van der Waals surface area contributed by atoms with Crippen molar-refractivity contribution in [1.29, 1.82) is 0 Å². The van der Waals surface area contributed by atoms with Gasteiger partial charge in [0.25, 0.3) is 0 Å². The van der Waals surface area contributed by atoms with Gasteiger partial charge in [0.15, 0.2) is 5.71 Å². The molecular weight excluding hydrogens is 286 g/mol. The monoisotopic (exact) mass is 303 g/mol. The van der Waals surface area contributed by atoms with Crippen LogP contribution in [0.3, 0.4) is 0 Å². The molecule has 0 saturated heterocycles. The number of aliphatic imine (C=N–C) groups is 1. The first-order valence-corrected chi connectivity index (χ1v) is 6.87. The molecule has 0 aromatic carbocycles. The molecule has 2 atom stereocenters. The second kappa shape index (κ2) is 6.87. The molecule has 8 heteroatoms. The fourth-order valence-electron chi connectivity index (χ4n) is 1.74. The minimum atomic E-state index is -1.41. The first-order chi connectivity index (χ1) is 9.32. The number of thioether (sulfide) groups is 1. The summed E-state index contributed by atoms with van der Waals surface area (Å²) in [7, 11) is 0. The van der Waals surface area contributed by atoms with Gasteiger partial charge in [0, 0.05) is 11.5 Å². The van der Waals surface area contributed by atoms with Crippen LogP contribution in [0.15, 0.2) is 16.0 Å². The van der Waals surface area contributed by atoms with Crippen molar-refractivity contribution in [3.8, 4) is 0 Å². The van der Waals surface area contributed by atoms with Crippen LogP contribution in [0, 0.1) is 0 Å². The molecule has 0 amide bonds. The summed E-state index contributed by atoms with van der Waals surface area (Å²) in [5.74, 6) is -2.43. The number of allylic oxidation sites excluding steroid dienone is 1. The van der Waals surface area contributed by atoms with Crippen LogP contribution in [0.4, 0.5) is 0 Å². The van der Waals surface area contributed by atoms with E-state index in [-0.39, 0.29) is 12.3 Å². The maximum Gasteiger partial charge on any atom is 0.355 e. The van der Waals surface area contributed by atoms with E-state index in [0.717, 1.165) is 11.8 Å². The number of hydrogen-bond donors (Lipinski definition) is 4. The topological polar surface area (TPSA) is 127 Å². The lowest BCUT2D eigenvalue weighted by Crippen LogP contribution is -2.36. The Morgan fingerprint density at radius 2 is 2.10 bits per heavy atom. The maximum absolute atomic E-state index is 11.2. The van der Waals surface area contributed by atoms with E-state index in [1.54, 1.807) is 6.08 Å². The number of rotatable bonds is 7. The third kappa shape index (κ3) is 3.81. The summed E-state index contributed by atoms with van der Waals surface area (Å²) in [5, 5.41) is 36.6. The lowest BCUT2D eigenvalue weighted by atomic mass is 10.1. The van der Waals surface area contributed by atoms with E-state index in [0.29, 0.717) is 17.7 Å². The van der Waals surface area contributed by atoms with Gasteiger partial charge in [-0.25, -0.2) is 4.79 Å². The second-order valence-corrected chi connectivity index (χ2v) is 5.74. The van der Waals surface area contributed by atoms with E-state index in [1.165, 1.54) is 6.92 Å². The SMILES string of the molecule is C[C@@H](O)[C@]1(CC(=O)O)N=C(C(=O)O)/C(=C/CCCO)S1. The zero-order valence-corrected chi connectivity index (χ0v) is 11.8. The maximum atomic E-state index is 11.2. The Hall–Kier alpha value is -1.38. The third-order valence-corrected chi connectivity index (χ3v) is 4.28. The molecule has 0 radical (unpaired) electrons. The van der Waals surface area contributed by atoms with Crippen molar-refractivity contribution in [2.45, 2.75) is 37.2 Å². The number of carboxylic acids is 2. The highest BCUT2D eigenvalue weighted by Gasteiger charge is 2.46. The number of aliphatic carboxylic acids is 2. The number of aliphatic hydroxyl groups excluding tert-OH is 2. The number of hydrogen-bond acceptors (Lipinski definition) is 6. The van der Waals surface area contributed by atoms with E-state index in [2.05, 4.69) is 4.99 Å². The van der Waals surface area contributed by atoms with Gasteiger partial charge >= 0.3 is 11.9 Å². The van der Waals surface area contributed by atoms with E-state index < -0.39 is 29.3 Å². The zero-order chi connectivity index (χ0) is 15.3. The van der Waals surface area contributed by atoms with Gasteiger partial charge in [-0.3, -0.25) is 9.79 Å². The predicted octanol–water partition coefficient (Wildman–Crippen LogP) is 0.467. The summed E-state index contributed by atoms with van der Waals surface area (Å²) >= 11 is 0.946. The zero-order valence-electron chi connectivity index (χ0n) is 10.9. The van der Waals surface area contributed by atoms with Crippen LogP contribution in [0.1, 0.15) is 26.2 Å². The largest absolute Gasteiger partial charge is 0.481 e. The van der Waals surface area contributed by atoms with Crippen molar-refractivity contribution in [1.82, 2.24) is 0 Å². The Labute approximate surface area is 120 Å². The fraction of sp³-hybridized carbons (Fsp3) is 0.583. The molecule has 0 aromatic rings. The van der Waals surface area contributed by atoms with Crippen molar-refractivity contribution in [2.75, 3.05) is 6.61 Å². The van der Waals surface area contributed by atoms with Crippen molar-refractivity contribution >= 4 is 29.4 Å². The van der Waals surface area contributed by atoms with Gasteiger partial charge in [0.05, 0.1) is 12.5 Å². The summed E-state index contributed by atoms with van der Waals surface area (Å²) in [6.45, 7) is 1.36. The van der Waals surface area contributed by atoms with Crippen molar-refractivity contribution < 1.29 is 30.0 Å². The molecule has 1 aliphatic heterocycles. The highest BCUT2D eigenvalue weighted by Crippen LogP contribution is 2.46. The number of nitrogens with zero attached hydrogens (tertiary/aromatic N) is 1. The van der Waals surface area contributed by atoms with Gasteiger partial charge in [-0.05, 0) is 19.8 Å². The van der Waals surface area contributed by atoms with Crippen LogP contribution in [0.5, 0.6) is 0 Å². The molecule has 0 aromatic heterocycles. The van der Waals surface area contributed by atoms with Crippen molar-refractivity contribution in [3.05, 3.63) is 11.0 Å². The smallest absolute Gasteiger partial charge is 0.355 e. The number of unbranched alkanes of at least 4 members (excludes halogenated alkanes) is 1. The molecule has 20 heavy (non-hydrogen) atoms. The number of aliphatic hydroxyl groups is 2. The van der Waals surface area contributed by atoms with Crippen molar-refractivity contribution in [2.24, 2.45) is 4.99 Å². The highest BCUT2D eigenvalue weighted by molar-refractivity contribution is 8.06. The summed E-state index contributed by atoms with van der Waals surface area (Å²) in [6.07, 6.45) is 0.941. The first-order valence-electron chi connectivity index (χ1n) is 6.06. The summed E-state index contributed by atoms with van der Waals surface area (Å²) in [6, 6.07) is 0. The van der Waals surface area contributed by atoms with Gasteiger partial charge in [-0.2, -0.15) is 0 Å². The molecular formula is C12H17NO6S. The molecule has 0 spiro atoms. The Morgan fingerprint density at radius 1 is 1.45 bits per heavy atom. The lowest BCUT2D eigenvalue weighted by molar-refractivity contribution is -0.138. The van der Waals surface area contributed by atoms with Gasteiger partial charge in [0.2, 0.25) is 0 Å². The molecule has 1 rings (SSSR count). The van der Waals surface area contributed by atoms with Gasteiger partial charge in [0.1, 0.15) is 4.87 Å². The molecule has 0 saturated carbocycles. The van der Waals surface area contributed by atoms with E-state index in [1.807, 2.05) is 0 Å². The molecule has 4 N–H and O–H groups in total. The van der Waals surface area contributed by atoms with Crippen LogP contribution in [0.2, 0.25) is 0 Å². The Bertz CT molecular complexity index is 459. The predicted molar refractivity (Wildman–Crippen MR) is 73.7 cm³/mol. The Kier molecular flexibility index (Phi) is 5.73. The summed E-state index contributed by atoms with van der Waals surface area (Å²) in [4.78, 5) is 24.9. The van der Waals surface area contributed by atoms with E-state index >= 15 is 0 Å². The normalized spacial score (nSPS) is 25.6. The molecule has 0 unspecified atom stereocenters. The molecule has 7 nitrogen and oxygen atoms in total. The van der Waals surface area contributed by atoms with Gasteiger partial charge < -0.3 is 20.4 Å². The Morgan fingerprint density at radius 3 is 2.55 bits per heavy atom. The molecule has 0 bridgehead atoms. The average Bonchev–Trinajstić information content (AvgIpc) is 2.69. The number of carbonyl (C=O) groups is 2. The minimum Gasteiger partial charge on any atom is -0.481 e. The molecule has 0 fully saturated rings. The molecule has 1 heterocycles. The van der Waals surface area contributed by atoms with Crippen LogP contribution >= 0.6 is 11.8 Å². The minimum absolute atomic E-state index is 0.0231. The lowest BCUT2D eigenvalue weighted by Gasteiger charge is -2.26. The standard InChI is InChI=1S/C12H17NO6S/c1-7(15)12(6-9(16)17)13-10(11(18)19)8(20-12)4-2-3-5-14/h4,7,14-15H,2-3,5-6H2,1H3,(H,16,17)(H,18,19)/b8-4-/t7-,12-/m1/s1. The van der Waals surface area contributed by atoms with Crippen LogP contribution in [0.25, 0.3) is 0 Å². The second-order valence-electron chi connectivity index (χ2n) is 4.39. The fourth-order valence-corrected chi connectivity index (χ4v) is 3.06. The molecule has 0 aliphatic carbocycles. The first kappa shape index (κ1) is 16.7. The summed E-state index contributed by atoms with van der Waals surface area (Å²) < 4.78 is 0. The van der Waals surface area contributed by atoms with Crippen LogP contribution in [-0.2, 0) is 9.59 Å². The van der Waals surface area contributed by atoms with Crippen LogP contribution in [-0.4, -0.2) is 55.7 Å². The highest BCUT2D eigenvalue weighted by atomic mass is 32.2. The van der Waals surface area contributed by atoms with Crippen molar-refractivity contribution in [3.63, 3.8) is 0 Å². The average molecular weight is 303 g/mol. The van der Waals surface area contributed by atoms with Gasteiger partial charge in [-0.1, -0.05) is 17.8 Å². The summed E-state index contributed by atoms with van der Waals surface area (Å²) in [5.41, 5.74) is -0.241. The number of carboxylic acid groups (broad SMARTS) is 2. The van der Waals surface area contributed by atoms with E-state index in [4.69, 9.17) is 15.3 Å². The third-order valence-electron chi connectivity index (χ3n) is 2.77. The Balaban J connectivity index is 3.10. The van der Waals surface area contributed by atoms with E-state index in [9.17, 15) is 14.7 Å².